The van der Waals surface area contributed by atoms with Crippen LogP contribution >= 0.6 is 11.3 Å². The number of fused-ring (bicyclic) bond motifs is 1. The van der Waals surface area contributed by atoms with Crippen molar-refractivity contribution in [2.24, 2.45) is 5.92 Å². The summed E-state index contributed by atoms with van der Waals surface area (Å²) >= 11 is 1.78. The molecular formula is C15H18N4S. The van der Waals surface area contributed by atoms with E-state index in [-0.39, 0.29) is 6.04 Å². The van der Waals surface area contributed by atoms with Crippen molar-refractivity contribution >= 4 is 22.8 Å². The highest BCUT2D eigenvalue weighted by Crippen LogP contribution is 2.30. The van der Waals surface area contributed by atoms with Crippen molar-refractivity contribution in [3.63, 3.8) is 0 Å². The summed E-state index contributed by atoms with van der Waals surface area (Å²) in [7, 11) is 0. The summed E-state index contributed by atoms with van der Waals surface area (Å²) in [4.78, 5) is 5.61. The molecule has 20 heavy (non-hydrogen) atoms. The molecule has 0 aliphatic carbocycles. The van der Waals surface area contributed by atoms with E-state index in [0.29, 0.717) is 5.92 Å². The van der Waals surface area contributed by atoms with Gasteiger partial charge in [0.05, 0.1) is 6.04 Å². The highest BCUT2D eigenvalue weighted by molar-refractivity contribution is 7.10. The number of hydrogen-bond donors (Lipinski definition) is 1. The lowest BCUT2D eigenvalue weighted by Crippen LogP contribution is -2.17. The molecule has 0 aromatic carbocycles. The summed E-state index contributed by atoms with van der Waals surface area (Å²) in [6.45, 7) is 6.53. The van der Waals surface area contributed by atoms with Gasteiger partial charge in [-0.3, -0.25) is 0 Å². The molecule has 3 aromatic rings. The van der Waals surface area contributed by atoms with Crippen LogP contribution in [0, 0.1) is 12.8 Å². The number of nitrogens with zero attached hydrogens (tertiary/aromatic N) is 3. The number of aromatic nitrogens is 3. The average molecular weight is 286 g/mol. The van der Waals surface area contributed by atoms with Crippen LogP contribution in [0.5, 0.6) is 0 Å². The smallest absolute Gasteiger partial charge is 0.157 e. The molecule has 1 unspecified atom stereocenters. The van der Waals surface area contributed by atoms with Gasteiger partial charge in [0.15, 0.2) is 5.65 Å². The van der Waals surface area contributed by atoms with E-state index in [2.05, 4.69) is 59.7 Å². The summed E-state index contributed by atoms with van der Waals surface area (Å²) in [5, 5.41) is 10.0. The number of thiophene rings is 1. The van der Waals surface area contributed by atoms with E-state index >= 15 is 0 Å². The molecule has 0 fully saturated rings. The number of pyridine rings is 1. The van der Waals surface area contributed by atoms with Gasteiger partial charge in [-0.2, -0.15) is 9.61 Å². The van der Waals surface area contributed by atoms with Crippen molar-refractivity contribution in [2.75, 3.05) is 5.32 Å². The van der Waals surface area contributed by atoms with E-state index in [0.717, 1.165) is 11.5 Å². The first-order valence-corrected chi connectivity index (χ1v) is 7.63. The first-order chi connectivity index (χ1) is 9.65. The minimum absolute atomic E-state index is 0.282. The maximum Gasteiger partial charge on any atom is 0.157 e. The topological polar surface area (TPSA) is 42.2 Å². The number of rotatable bonds is 4. The Morgan fingerprint density at radius 1 is 1.30 bits per heavy atom. The van der Waals surface area contributed by atoms with Crippen molar-refractivity contribution in [3.05, 3.63) is 46.4 Å². The van der Waals surface area contributed by atoms with Crippen molar-refractivity contribution in [3.8, 4) is 0 Å². The fourth-order valence-corrected chi connectivity index (χ4v) is 3.30. The summed E-state index contributed by atoms with van der Waals surface area (Å²) in [5.41, 5.74) is 2.06. The van der Waals surface area contributed by atoms with Crippen LogP contribution in [0.25, 0.3) is 5.65 Å². The minimum Gasteiger partial charge on any atom is -0.362 e. The average Bonchev–Trinajstić information content (AvgIpc) is 3.05. The Morgan fingerprint density at radius 2 is 2.15 bits per heavy atom. The molecule has 0 saturated heterocycles. The molecule has 0 bridgehead atoms. The lowest BCUT2D eigenvalue weighted by atomic mass is 10.0. The van der Waals surface area contributed by atoms with Crippen LogP contribution in [0.4, 0.5) is 5.82 Å². The zero-order valence-corrected chi connectivity index (χ0v) is 12.7. The van der Waals surface area contributed by atoms with E-state index in [1.807, 2.05) is 10.6 Å². The number of aryl methyl sites for hydroxylation is 1. The fraction of sp³-hybridized carbons (Fsp3) is 0.333. The monoisotopic (exact) mass is 286 g/mol. The van der Waals surface area contributed by atoms with E-state index in [1.54, 1.807) is 17.7 Å². The summed E-state index contributed by atoms with van der Waals surface area (Å²) in [6, 6.07) is 8.71. The SMILES string of the molecule is Cc1cc(NC(c2cccs2)C(C)C)n2ncnc2c1. The number of nitrogens with one attached hydrogen (secondary N) is 1. The molecular weight excluding hydrogens is 268 g/mol. The Labute approximate surface area is 122 Å². The predicted octanol–water partition coefficient (Wildman–Crippen LogP) is 3.91. The lowest BCUT2D eigenvalue weighted by molar-refractivity contribution is 0.550. The van der Waals surface area contributed by atoms with Gasteiger partial charge in [0.2, 0.25) is 0 Å². The molecule has 4 nitrogen and oxygen atoms in total. The third-order valence-electron chi connectivity index (χ3n) is 3.34. The standard InChI is InChI=1S/C15H18N4S/c1-10(2)15(12-5-4-6-20-12)18-14-8-11(3)7-13-16-9-17-19(13)14/h4-10,15,18H,1-3H3. The van der Waals surface area contributed by atoms with E-state index < -0.39 is 0 Å². The first kappa shape index (κ1) is 13.1. The largest absolute Gasteiger partial charge is 0.362 e. The zero-order chi connectivity index (χ0) is 14.1. The second kappa shape index (κ2) is 5.25. The van der Waals surface area contributed by atoms with Crippen molar-refractivity contribution in [2.45, 2.75) is 26.8 Å². The molecule has 0 spiro atoms. The predicted molar refractivity (Wildman–Crippen MR) is 83.2 cm³/mol. The van der Waals surface area contributed by atoms with Crippen LogP contribution in [-0.4, -0.2) is 14.6 Å². The molecule has 5 heteroatoms. The first-order valence-electron chi connectivity index (χ1n) is 6.75. The second-order valence-corrected chi connectivity index (χ2v) is 6.31. The van der Waals surface area contributed by atoms with Gasteiger partial charge in [-0.05, 0) is 42.0 Å². The maximum atomic E-state index is 4.30. The molecule has 0 saturated carbocycles. The molecule has 3 rings (SSSR count). The van der Waals surface area contributed by atoms with Crippen LogP contribution in [0.15, 0.2) is 36.0 Å². The summed E-state index contributed by atoms with van der Waals surface area (Å²) in [5.74, 6) is 1.48. The Bertz CT molecular complexity index is 700. The Hall–Kier alpha value is -1.88. The Kier molecular flexibility index (Phi) is 3.44. The molecule has 0 aliphatic heterocycles. The van der Waals surface area contributed by atoms with Crippen LogP contribution in [0.3, 0.4) is 0 Å². The van der Waals surface area contributed by atoms with Crippen LogP contribution in [0.1, 0.15) is 30.3 Å². The van der Waals surface area contributed by atoms with Crippen LogP contribution < -0.4 is 5.32 Å². The van der Waals surface area contributed by atoms with Crippen molar-refractivity contribution in [1.29, 1.82) is 0 Å². The number of anilines is 1. The maximum absolute atomic E-state index is 4.30. The fourth-order valence-electron chi connectivity index (χ4n) is 2.35. The summed E-state index contributed by atoms with van der Waals surface area (Å²) in [6.07, 6.45) is 1.59. The minimum atomic E-state index is 0.282. The van der Waals surface area contributed by atoms with Crippen LogP contribution in [-0.2, 0) is 0 Å². The van der Waals surface area contributed by atoms with E-state index in [4.69, 9.17) is 0 Å². The van der Waals surface area contributed by atoms with Crippen LogP contribution in [0.2, 0.25) is 0 Å². The Morgan fingerprint density at radius 3 is 2.85 bits per heavy atom. The molecule has 0 aliphatic rings. The third-order valence-corrected chi connectivity index (χ3v) is 4.30. The van der Waals surface area contributed by atoms with Crippen molar-refractivity contribution < 1.29 is 0 Å². The lowest BCUT2D eigenvalue weighted by Gasteiger charge is -2.23. The Balaban J connectivity index is 2.00. The highest BCUT2D eigenvalue weighted by Gasteiger charge is 2.18. The normalized spacial score (nSPS) is 13.0. The molecule has 0 radical (unpaired) electrons. The van der Waals surface area contributed by atoms with E-state index in [9.17, 15) is 0 Å². The van der Waals surface area contributed by atoms with Crippen molar-refractivity contribution in [1.82, 2.24) is 14.6 Å². The zero-order valence-electron chi connectivity index (χ0n) is 11.9. The molecule has 1 atom stereocenters. The summed E-state index contributed by atoms with van der Waals surface area (Å²) < 4.78 is 1.86. The van der Waals surface area contributed by atoms with Gasteiger partial charge in [-0.25, -0.2) is 4.98 Å². The number of hydrogen-bond acceptors (Lipinski definition) is 4. The highest BCUT2D eigenvalue weighted by atomic mass is 32.1. The van der Waals surface area contributed by atoms with Gasteiger partial charge in [0.25, 0.3) is 0 Å². The van der Waals surface area contributed by atoms with E-state index in [1.165, 1.54) is 10.4 Å². The van der Waals surface area contributed by atoms with Gasteiger partial charge in [0, 0.05) is 4.88 Å². The van der Waals surface area contributed by atoms with Gasteiger partial charge in [0.1, 0.15) is 12.1 Å². The third kappa shape index (κ3) is 2.41. The van der Waals surface area contributed by atoms with Gasteiger partial charge in [-0.15, -0.1) is 11.3 Å². The quantitative estimate of drug-likeness (QED) is 0.790. The molecule has 104 valence electrons. The molecule has 1 N–H and O–H groups in total. The molecule has 3 heterocycles. The van der Waals surface area contributed by atoms with Gasteiger partial charge >= 0.3 is 0 Å². The van der Waals surface area contributed by atoms with Gasteiger partial charge < -0.3 is 5.32 Å². The van der Waals surface area contributed by atoms with Gasteiger partial charge in [-0.1, -0.05) is 19.9 Å². The second-order valence-electron chi connectivity index (χ2n) is 5.33. The molecule has 0 amide bonds. The molecule has 3 aromatic heterocycles.